The second-order valence-corrected chi connectivity index (χ2v) is 7.02. The molecule has 1 aliphatic carbocycles. The Morgan fingerprint density at radius 2 is 1.96 bits per heavy atom. The van der Waals surface area contributed by atoms with Crippen LogP contribution in [0.1, 0.15) is 43.5 Å². The molecule has 0 aromatic heterocycles. The molecule has 1 fully saturated rings. The van der Waals surface area contributed by atoms with Crippen molar-refractivity contribution in [2.45, 2.75) is 39.2 Å². The summed E-state index contributed by atoms with van der Waals surface area (Å²) in [6.07, 6.45) is 3.21. The fraction of sp³-hybridized carbons (Fsp3) is 0.550. The van der Waals surface area contributed by atoms with Crippen LogP contribution in [-0.4, -0.2) is 44.1 Å². The zero-order valence-electron chi connectivity index (χ0n) is 16.1. The van der Waals surface area contributed by atoms with Crippen LogP contribution in [0.5, 0.6) is 5.75 Å². The monoisotopic (exact) mass is 376 g/mol. The maximum atomic E-state index is 12.0. The molecule has 0 spiro atoms. The van der Waals surface area contributed by atoms with E-state index in [2.05, 4.69) is 24.5 Å². The van der Waals surface area contributed by atoms with E-state index in [0.29, 0.717) is 23.1 Å². The number of nitrogens with one attached hydrogen (secondary N) is 2. The molecule has 2 N–H and O–H groups in total. The predicted molar refractivity (Wildman–Crippen MR) is 100 cm³/mol. The van der Waals surface area contributed by atoms with Crippen molar-refractivity contribution in [2.75, 3.05) is 20.3 Å². The SMILES string of the molecule is COc1cccc(C(=O)NCC(=O)OCC(=O)N[C@@H]2CCC[C@H](C)[C@H]2C)c1. The molecule has 1 aliphatic rings. The Hall–Kier alpha value is -2.57. The van der Waals surface area contributed by atoms with E-state index in [4.69, 9.17) is 9.47 Å². The molecule has 1 aromatic rings. The summed E-state index contributed by atoms with van der Waals surface area (Å²) in [4.78, 5) is 35.8. The highest BCUT2D eigenvalue weighted by atomic mass is 16.5. The largest absolute Gasteiger partial charge is 0.497 e. The highest BCUT2D eigenvalue weighted by Gasteiger charge is 2.28. The Bertz CT molecular complexity index is 676. The van der Waals surface area contributed by atoms with Crippen molar-refractivity contribution < 1.29 is 23.9 Å². The molecule has 0 heterocycles. The molecule has 7 nitrogen and oxygen atoms in total. The maximum Gasteiger partial charge on any atom is 0.325 e. The van der Waals surface area contributed by atoms with Gasteiger partial charge in [0.1, 0.15) is 12.3 Å². The van der Waals surface area contributed by atoms with Gasteiger partial charge in [-0.3, -0.25) is 14.4 Å². The number of carbonyl (C=O) groups excluding carboxylic acids is 3. The van der Waals surface area contributed by atoms with Crippen molar-refractivity contribution >= 4 is 17.8 Å². The summed E-state index contributed by atoms with van der Waals surface area (Å²) in [6.45, 7) is 3.68. The molecular weight excluding hydrogens is 348 g/mol. The lowest BCUT2D eigenvalue weighted by molar-refractivity contribution is -0.147. The molecule has 2 rings (SSSR count). The van der Waals surface area contributed by atoms with Crippen LogP contribution in [0.4, 0.5) is 0 Å². The molecule has 27 heavy (non-hydrogen) atoms. The van der Waals surface area contributed by atoms with E-state index < -0.39 is 11.9 Å². The molecule has 0 aliphatic heterocycles. The van der Waals surface area contributed by atoms with E-state index in [1.807, 2.05) is 0 Å². The van der Waals surface area contributed by atoms with Crippen molar-refractivity contribution in [3.8, 4) is 5.75 Å². The predicted octanol–water partition coefficient (Wildman–Crippen LogP) is 1.91. The average Bonchev–Trinajstić information content (AvgIpc) is 2.68. The average molecular weight is 376 g/mol. The van der Waals surface area contributed by atoms with E-state index in [9.17, 15) is 14.4 Å². The van der Waals surface area contributed by atoms with E-state index in [-0.39, 0.29) is 25.1 Å². The molecular formula is C20H28N2O5. The summed E-state index contributed by atoms with van der Waals surface area (Å²) in [5.41, 5.74) is 0.375. The van der Waals surface area contributed by atoms with E-state index in [1.54, 1.807) is 24.3 Å². The molecule has 0 bridgehead atoms. The molecule has 7 heteroatoms. The first-order chi connectivity index (χ1) is 12.9. The lowest BCUT2D eigenvalue weighted by atomic mass is 9.78. The lowest BCUT2D eigenvalue weighted by Crippen LogP contribution is -2.45. The highest BCUT2D eigenvalue weighted by Crippen LogP contribution is 2.29. The Morgan fingerprint density at radius 3 is 2.70 bits per heavy atom. The Labute approximate surface area is 159 Å². The molecule has 1 saturated carbocycles. The zero-order valence-corrected chi connectivity index (χ0v) is 16.1. The van der Waals surface area contributed by atoms with Gasteiger partial charge in [-0.15, -0.1) is 0 Å². The smallest absolute Gasteiger partial charge is 0.325 e. The molecule has 0 unspecified atom stereocenters. The number of carbonyl (C=O) groups is 3. The second-order valence-electron chi connectivity index (χ2n) is 7.02. The number of rotatable bonds is 7. The van der Waals surface area contributed by atoms with Crippen LogP contribution in [0.2, 0.25) is 0 Å². The van der Waals surface area contributed by atoms with Crippen molar-refractivity contribution in [1.82, 2.24) is 10.6 Å². The van der Waals surface area contributed by atoms with Crippen molar-refractivity contribution in [3.05, 3.63) is 29.8 Å². The summed E-state index contributed by atoms with van der Waals surface area (Å²) >= 11 is 0. The van der Waals surface area contributed by atoms with Crippen LogP contribution in [0.25, 0.3) is 0 Å². The first-order valence-electron chi connectivity index (χ1n) is 9.28. The Balaban J connectivity index is 1.71. The molecule has 148 valence electrons. The molecule has 0 saturated heterocycles. The van der Waals surface area contributed by atoms with Crippen LogP contribution in [0.3, 0.4) is 0 Å². The summed E-state index contributed by atoms with van der Waals surface area (Å²) in [5, 5.41) is 5.41. The summed E-state index contributed by atoms with van der Waals surface area (Å²) in [7, 11) is 1.51. The quantitative estimate of drug-likeness (QED) is 0.709. The van der Waals surface area contributed by atoms with Crippen LogP contribution in [0, 0.1) is 11.8 Å². The van der Waals surface area contributed by atoms with Crippen LogP contribution >= 0.6 is 0 Å². The zero-order chi connectivity index (χ0) is 19.8. The third kappa shape index (κ3) is 6.27. The minimum absolute atomic E-state index is 0.118. The fourth-order valence-electron chi connectivity index (χ4n) is 3.25. The minimum atomic E-state index is -0.661. The number of hydrogen-bond acceptors (Lipinski definition) is 5. The molecule has 0 radical (unpaired) electrons. The minimum Gasteiger partial charge on any atom is -0.497 e. The normalized spacial score (nSPS) is 21.8. The van der Waals surface area contributed by atoms with Gasteiger partial charge in [-0.1, -0.05) is 32.8 Å². The Morgan fingerprint density at radius 1 is 1.19 bits per heavy atom. The van der Waals surface area contributed by atoms with E-state index >= 15 is 0 Å². The van der Waals surface area contributed by atoms with Gasteiger partial charge >= 0.3 is 5.97 Å². The van der Waals surface area contributed by atoms with Gasteiger partial charge in [0, 0.05) is 11.6 Å². The highest BCUT2D eigenvalue weighted by molar-refractivity contribution is 5.96. The fourth-order valence-corrected chi connectivity index (χ4v) is 3.25. The van der Waals surface area contributed by atoms with Crippen molar-refractivity contribution in [2.24, 2.45) is 11.8 Å². The first-order valence-corrected chi connectivity index (χ1v) is 9.28. The second kappa shape index (κ2) is 9.94. The number of methoxy groups -OCH3 is 1. The third-order valence-electron chi connectivity index (χ3n) is 5.14. The number of amides is 2. The van der Waals surface area contributed by atoms with Crippen LogP contribution < -0.4 is 15.4 Å². The molecule has 1 aromatic carbocycles. The van der Waals surface area contributed by atoms with Gasteiger partial charge in [0.05, 0.1) is 7.11 Å². The summed E-state index contributed by atoms with van der Waals surface area (Å²) < 4.78 is 10.0. The van der Waals surface area contributed by atoms with E-state index in [1.165, 1.54) is 13.5 Å². The number of benzene rings is 1. The third-order valence-corrected chi connectivity index (χ3v) is 5.14. The summed E-state index contributed by atoms with van der Waals surface area (Å²) in [5.74, 6) is 0.132. The van der Waals surface area contributed by atoms with E-state index in [0.717, 1.165) is 12.8 Å². The molecule has 2 amide bonds. The topological polar surface area (TPSA) is 93.7 Å². The van der Waals surface area contributed by atoms with Crippen LogP contribution in [0.15, 0.2) is 24.3 Å². The van der Waals surface area contributed by atoms with Gasteiger partial charge < -0.3 is 20.1 Å². The first kappa shape index (κ1) is 20.7. The standard InChI is InChI=1S/C20H28N2O5/c1-13-6-4-9-17(14(13)2)22-18(23)12-27-19(24)11-21-20(25)15-7-5-8-16(10-15)26-3/h5,7-8,10,13-14,17H,4,6,9,11-12H2,1-3H3,(H,21,25)(H,22,23)/t13-,14+,17+/m0/s1. The number of hydrogen-bond donors (Lipinski definition) is 2. The van der Waals surface area contributed by atoms with Crippen molar-refractivity contribution in [1.29, 1.82) is 0 Å². The van der Waals surface area contributed by atoms with Crippen LogP contribution in [-0.2, 0) is 14.3 Å². The van der Waals surface area contributed by atoms with Gasteiger partial charge in [0.15, 0.2) is 6.61 Å². The van der Waals surface area contributed by atoms with Gasteiger partial charge in [0.25, 0.3) is 11.8 Å². The van der Waals surface area contributed by atoms with Gasteiger partial charge in [0.2, 0.25) is 0 Å². The Kier molecular flexibility index (Phi) is 7.64. The number of ether oxygens (including phenoxy) is 2. The summed E-state index contributed by atoms with van der Waals surface area (Å²) in [6, 6.07) is 6.71. The van der Waals surface area contributed by atoms with Gasteiger partial charge in [-0.25, -0.2) is 0 Å². The molecule has 3 atom stereocenters. The number of esters is 1. The van der Waals surface area contributed by atoms with Gasteiger partial charge in [-0.2, -0.15) is 0 Å². The lowest BCUT2D eigenvalue weighted by Gasteiger charge is -2.34. The maximum absolute atomic E-state index is 12.0. The van der Waals surface area contributed by atoms with Gasteiger partial charge in [-0.05, 0) is 36.5 Å². The van der Waals surface area contributed by atoms with Crippen molar-refractivity contribution in [3.63, 3.8) is 0 Å².